The molecule has 160 valence electrons. The van der Waals surface area contributed by atoms with E-state index in [0.717, 1.165) is 12.1 Å². The third kappa shape index (κ3) is 5.29. The van der Waals surface area contributed by atoms with E-state index in [1.807, 2.05) is 4.90 Å². The minimum Gasteiger partial charge on any atom is -0.452 e. The van der Waals surface area contributed by atoms with Gasteiger partial charge in [0.25, 0.3) is 5.91 Å². The molecule has 1 heterocycles. The highest BCUT2D eigenvalue weighted by molar-refractivity contribution is 5.98. The summed E-state index contributed by atoms with van der Waals surface area (Å²) in [5.41, 5.74) is 0.578. The average Bonchev–Trinajstić information content (AvgIpc) is 2.72. The normalized spacial score (nSPS) is 14.3. The van der Waals surface area contributed by atoms with Crippen LogP contribution in [0.4, 0.5) is 24.5 Å². The Bertz CT molecular complexity index is 925. The summed E-state index contributed by atoms with van der Waals surface area (Å²) < 4.78 is 49.7. The number of amides is 1. The van der Waals surface area contributed by atoms with Crippen molar-refractivity contribution >= 4 is 23.3 Å². The fourth-order valence-corrected chi connectivity index (χ4v) is 3.09. The van der Waals surface area contributed by atoms with Crippen LogP contribution in [0.1, 0.15) is 21.5 Å². The molecule has 2 aromatic rings. The fourth-order valence-electron chi connectivity index (χ4n) is 3.09. The molecule has 0 bridgehead atoms. The van der Waals surface area contributed by atoms with Gasteiger partial charge in [0.1, 0.15) is 0 Å². The molecule has 0 aliphatic carbocycles. The average molecular weight is 422 g/mol. The minimum atomic E-state index is -4.56. The quantitative estimate of drug-likeness (QED) is 0.746. The number of hydrogen-bond acceptors (Lipinski definition) is 5. The molecule has 0 saturated carbocycles. The number of anilines is 2. The van der Waals surface area contributed by atoms with Crippen molar-refractivity contribution in [2.45, 2.75) is 13.1 Å². The number of esters is 1. The van der Waals surface area contributed by atoms with E-state index < -0.39 is 30.2 Å². The van der Waals surface area contributed by atoms with Crippen LogP contribution in [0.5, 0.6) is 0 Å². The summed E-state index contributed by atoms with van der Waals surface area (Å²) in [4.78, 5) is 26.3. The second-order valence-electron chi connectivity index (χ2n) is 6.77. The van der Waals surface area contributed by atoms with Gasteiger partial charge in [-0.1, -0.05) is 18.2 Å². The highest BCUT2D eigenvalue weighted by atomic mass is 19.4. The number of rotatable bonds is 5. The van der Waals surface area contributed by atoms with Crippen LogP contribution in [0.25, 0.3) is 0 Å². The van der Waals surface area contributed by atoms with Crippen LogP contribution >= 0.6 is 0 Å². The first-order valence-electron chi connectivity index (χ1n) is 9.32. The van der Waals surface area contributed by atoms with E-state index in [-0.39, 0.29) is 5.69 Å². The topological polar surface area (TPSA) is 67.9 Å². The zero-order chi connectivity index (χ0) is 21.7. The van der Waals surface area contributed by atoms with Crippen LogP contribution in [-0.4, -0.2) is 44.8 Å². The number of aryl methyl sites for hydroxylation is 1. The number of morpholine rings is 1. The number of carbonyl (C=O) groups excluding carboxylic acids is 2. The van der Waals surface area contributed by atoms with E-state index in [0.29, 0.717) is 43.1 Å². The molecular formula is C21H21F3N2O4. The van der Waals surface area contributed by atoms with Crippen molar-refractivity contribution in [3.8, 4) is 0 Å². The molecule has 0 spiro atoms. The van der Waals surface area contributed by atoms with Gasteiger partial charge in [-0.3, -0.25) is 4.79 Å². The molecule has 0 unspecified atom stereocenters. The van der Waals surface area contributed by atoms with Gasteiger partial charge in [0.05, 0.1) is 35.7 Å². The van der Waals surface area contributed by atoms with Crippen LogP contribution in [-0.2, 0) is 20.4 Å². The summed E-state index contributed by atoms with van der Waals surface area (Å²) in [7, 11) is 0. The molecule has 1 N–H and O–H groups in total. The molecule has 2 aromatic carbocycles. The predicted octanol–water partition coefficient (Wildman–Crippen LogP) is 3.65. The van der Waals surface area contributed by atoms with Gasteiger partial charge in [0.2, 0.25) is 0 Å². The number of benzene rings is 2. The van der Waals surface area contributed by atoms with E-state index in [2.05, 4.69) is 5.32 Å². The summed E-state index contributed by atoms with van der Waals surface area (Å²) in [5.74, 6) is -1.41. The van der Waals surface area contributed by atoms with Crippen molar-refractivity contribution in [2.75, 3.05) is 43.1 Å². The van der Waals surface area contributed by atoms with Gasteiger partial charge in [-0.05, 0) is 36.8 Å². The van der Waals surface area contributed by atoms with Gasteiger partial charge in [0.15, 0.2) is 6.61 Å². The maximum atomic E-state index is 13.1. The van der Waals surface area contributed by atoms with Crippen molar-refractivity contribution in [1.82, 2.24) is 0 Å². The van der Waals surface area contributed by atoms with Crippen LogP contribution in [0, 0.1) is 6.92 Å². The maximum absolute atomic E-state index is 13.1. The summed E-state index contributed by atoms with van der Waals surface area (Å²) in [6.45, 7) is 2.94. The van der Waals surface area contributed by atoms with E-state index in [1.54, 1.807) is 31.2 Å². The molecule has 30 heavy (non-hydrogen) atoms. The lowest BCUT2D eigenvalue weighted by molar-refractivity contribution is -0.137. The molecule has 1 aliphatic heterocycles. The minimum absolute atomic E-state index is 0.00339. The second kappa shape index (κ2) is 9.17. The van der Waals surface area contributed by atoms with Gasteiger partial charge in [0, 0.05) is 13.1 Å². The first kappa shape index (κ1) is 21.6. The Morgan fingerprint density at radius 3 is 2.50 bits per heavy atom. The van der Waals surface area contributed by atoms with Crippen molar-refractivity contribution in [1.29, 1.82) is 0 Å². The van der Waals surface area contributed by atoms with Gasteiger partial charge >= 0.3 is 12.1 Å². The molecular weight excluding hydrogens is 401 g/mol. The van der Waals surface area contributed by atoms with E-state index in [9.17, 15) is 22.8 Å². The van der Waals surface area contributed by atoms with Crippen molar-refractivity contribution in [3.05, 3.63) is 59.2 Å². The molecule has 0 aromatic heterocycles. The summed E-state index contributed by atoms with van der Waals surface area (Å²) in [5, 5.41) is 2.44. The number of nitrogens with zero attached hydrogens (tertiary/aromatic N) is 1. The first-order valence-corrected chi connectivity index (χ1v) is 9.32. The lowest BCUT2D eigenvalue weighted by Crippen LogP contribution is -2.37. The largest absolute Gasteiger partial charge is 0.452 e. The highest BCUT2D eigenvalue weighted by Crippen LogP contribution is 2.35. The molecule has 9 heteroatoms. The van der Waals surface area contributed by atoms with Gasteiger partial charge in [-0.15, -0.1) is 0 Å². The second-order valence-corrected chi connectivity index (χ2v) is 6.77. The van der Waals surface area contributed by atoms with Crippen molar-refractivity contribution < 1.29 is 32.2 Å². The first-order chi connectivity index (χ1) is 14.3. The van der Waals surface area contributed by atoms with Gasteiger partial charge in [-0.2, -0.15) is 13.2 Å². The Labute approximate surface area is 171 Å². The molecule has 1 aliphatic rings. The van der Waals surface area contributed by atoms with Crippen LogP contribution < -0.4 is 10.2 Å². The Kier molecular flexibility index (Phi) is 6.61. The number of ether oxygens (including phenoxy) is 2. The summed E-state index contributed by atoms with van der Waals surface area (Å²) in [6.07, 6.45) is -4.56. The highest BCUT2D eigenvalue weighted by Gasteiger charge is 2.32. The maximum Gasteiger partial charge on any atom is 0.416 e. The molecule has 1 amide bonds. The third-order valence-electron chi connectivity index (χ3n) is 4.65. The standard InChI is InChI=1S/C21H21F3N2O4/c1-14-4-2-3-5-16(14)20(28)30-13-19(27)25-17-12-15(21(22,23)24)6-7-18(17)26-8-10-29-11-9-26/h2-7,12H,8-11,13H2,1H3,(H,25,27). The van der Waals surface area contributed by atoms with Crippen molar-refractivity contribution in [2.24, 2.45) is 0 Å². The molecule has 6 nitrogen and oxygen atoms in total. The number of hydrogen-bond donors (Lipinski definition) is 1. The fraction of sp³-hybridized carbons (Fsp3) is 0.333. The van der Waals surface area contributed by atoms with Gasteiger partial charge < -0.3 is 19.7 Å². The van der Waals surface area contributed by atoms with E-state index in [1.165, 1.54) is 6.07 Å². The Morgan fingerprint density at radius 1 is 1.13 bits per heavy atom. The molecule has 0 radical (unpaired) electrons. The zero-order valence-corrected chi connectivity index (χ0v) is 16.3. The SMILES string of the molecule is Cc1ccccc1C(=O)OCC(=O)Nc1cc(C(F)(F)F)ccc1N1CCOCC1. The lowest BCUT2D eigenvalue weighted by atomic mass is 10.1. The Morgan fingerprint density at radius 2 is 1.83 bits per heavy atom. The smallest absolute Gasteiger partial charge is 0.416 e. The molecule has 0 atom stereocenters. The molecule has 3 rings (SSSR count). The summed E-state index contributed by atoms with van der Waals surface area (Å²) in [6, 6.07) is 9.90. The molecule has 1 fully saturated rings. The molecule has 1 saturated heterocycles. The van der Waals surface area contributed by atoms with E-state index in [4.69, 9.17) is 9.47 Å². The predicted molar refractivity (Wildman–Crippen MR) is 105 cm³/mol. The Hall–Kier alpha value is -3.07. The number of halogens is 3. The Balaban J connectivity index is 1.73. The monoisotopic (exact) mass is 422 g/mol. The number of alkyl halides is 3. The number of nitrogens with one attached hydrogen (secondary N) is 1. The van der Waals surface area contributed by atoms with Crippen LogP contribution in [0.15, 0.2) is 42.5 Å². The third-order valence-corrected chi connectivity index (χ3v) is 4.65. The zero-order valence-electron chi connectivity index (χ0n) is 16.3. The summed E-state index contributed by atoms with van der Waals surface area (Å²) >= 11 is 0. The van der Waals surface area contributed by atoms with E-state index >= 15 is 0 Å². The van der Waals surface area contributed by atoms with Crippen LogP contribution in [0.2, 0.25) is 0 Å². The number of carbonyl (C=O) groups is 2. The van der Waals surface area contributed by atoms with Gasteiger partial charge in [-0.25, -0.2) is 4.79 Å². The lowest BCUT2D eigenvalue weighted by Gasteiger charge is -2.31. The van der Waals surface area contributed by atoms with Crippen LogP contribution in [0.3, 0.4) is 0 Å². The van der Waals surface area contributed by atoms with Crippen molar-refractivity contribution in [3.63, 3.8) is 0 Å².